The molecule has 0 spiro atoms. The van der Waals surface area contributed by atoms with E-state index in [9.17, 15) is 0 Å². The van der Waals surface area contributed by atoms with Gasteiger partial charge >= 0.3 is 0 Å². The summed E-state index contributed by atoms with van der Waals surface area (Å²) in [5.41, 5.74) is 7.54. The Labute approximate surface area is 84.0 Å². The third kappa shape index (κ3) is 1.87. The smallest absolute Gasteiger partial charge is 0.149 e. The Morgan fingerprint density at radius 1 is 1.36 bits per heavy atom. The number of nitrogens with one attached hydrogen (secondary N) is 1. The van der Waals surface area contributed by atoms with Gasteiger partial charge in [0, 0.05) is 11.7 Å². The molecule has 2 rings (SSSR count). The van der Waals surface area contributed by atoms with Gasteiger partial charge in [0.05, 0.1) is 5.69 Å². The number of hydrogen-bond donors (Lipinski definition) is 2. The molecular weight excluding hydrogens is 174 g/mol. The van der Waals surface area contributed by atoms with E-state index < -0.39 is 0 Å². The van der Waals surface area contributed by atoms with Crippen LogP contribution in [0, 0.1) is 6.92 Å². The molecule has 1 heterocycles. The van der Waals surface area contributed by atoms with Gasteiger partial charge in [-0.1, -0.05) is 12.2 Å². The summed E-state index contributed by atoms with van der Waals surface area (Å²) in [6.45, 7) is 1.97. The Balaban J connectivity index is 2.11. The van der Waals surface area contributed by atoms with Crippen LogP contribution in [-0.4, -0.2) is 11.0 Å². The van der Waals surface area contributed by atoms with Crippen molar-refractivity contribution in [1.82, 2.24) is 4.98 Å². The van der Waals surface area contributed by atoms with E-state index in [1.165, 1.54) is 0 Å². The van der Waals surface area contributed by atoms with Crippen molar-refractivity contribution in [3.63, 3.8) is 0 Å². The number of pyridine rings is 1. The molecule has 0 amide bonds. The number of anilines is 2. The van der Waals surface area contributed by atoms with Gasteiger partial charge in [-0.25, -0.2) is 4.98 Å². The highest BCUT2D eigenvalue weighted by molar-refractivity contribution is 5.61. The summed E-state index contributed by atoms with van der Waals surface area (Å²) < 4.78 is 0. The first-order chi connectivity index (χ1) is 6.75. The van der Waals surface area contributed by atoms with Gasteiger partial charge in [0.15, 0.2) is 0 Å². The second-order valence-corrected chi connectivity index (χ2v) is 3.67. The topological polar surface area (TPSA) is 50.9 Å². The van der Waals surface area contributed by atoms with Crippen molar-refractivity contribution >= 4 is 11.5 Å². The van der Waals surface area contributed by atoms with Crippen LogP contribution < -0.4 is 11.1 Å². The molecule has 0 bridgehead atoms. The molecule has 0 radical (unpaired) electrons. The molecular formula is C11H15N3. The van der Waals surface area contributed by atoms with Crippen LogP contribution in [-0.2, 0) is 0 Å². The highest BCUT2D eigenvalue weighted by Gasteiger charge is 2.11. The minimum absolute atomic E-state index is 0.464. The Morgan fingerprint density at radius 2 is 2.07 bits per heavy atom. The zero-order valence-corrected chi connectivity index (χ0v) is 8.33. The Bertz CT molecular complexity index is 350. The van der Waals surface area contributed by atoms with Gasteiger partial charge in [0.25, 0.3) is 0 Å². The number of nitrogen functional groups attached to an aromatic ring is 1. The predicted molar refractivity (Wildman–Crippen MR) is 59.2 cm³/mol. The highest BCUT2D eigenvalue weighted by atomic mass is 15.0. The average Bonchev–Trinajstić information content (AvgIpc) is 2.64. The first-order valence-corrected chi connectivity index (χ1v) is 4.90. The number of aryl methyl sites for hydroxylation is 1. The number of hydrogen-bond acceptors (Lipinski definition) is 3. The minimum Gasteiger partial charge on any atom is -0.396 e. The van der Waals surface area contributed by atoms with Gasteiger partial charge in [0.2, 0.25) is 0 Å². The van der Waals surface area contributed by atoms with Crippen molar-refractivity contribution in [2.45, 2.75) is 25.8 Å². The number of aromatic nitrogens is 1. The van der Waals surface area contributed by atoms with Crippen LogP contribution in [0.1, 0.15) is 18.5 Å². The minimum atomic E-state index is 0.464. The van der Waals surface area contributed by atoms with Gasteiger partial charge in [-0.05, 0) is 31.9 Å². The first kappa shape index (κ1) is 9.06. The maximum absolute atomic E-state index is 5.82. The van der Waals surface area contributed by atoms with E-state index in [0.29, 0.717) is 6.04 Å². The molecule has 0 saturated heterocycles. The van der Waals surface area contributed by atoms with E-state index in [1.54, 1.807) is 0 Å². The molecule has 3 nitrogen and oxygen atoms in total. The second kappa shape index (κ2) is 3.70. The highest BCUT2D eigenvalue weighted by Crippen LogP contribution is 2.20. The molecule has 0 aromatic carbocycles. The van der Waals surface area contributed by atoms with Crippen molar-refractivity contribution in [3.8, 4) is 0 Å². The standard InChI is InChI=1S/C11H15N3/c1-8-6-7-10(12)11(13-8)14-9-4-2-3-5-9/h2-3,6-7,9H,4-5,12H2,1H3,(H,13,14). The number of nitrogens with zero attached hydrogens (tertiary/aromatic N) is 1. The predicted octanol–water partition coefficient (Wildman–Crippen LogP) is 2.10. The van der Waals surface area contributed by atoms with Gasteiger partial charge in [0.1, 0.15) is 5.82 Å². The molecule has 0 unspecified atom stereocenters. The van der Waals surface area contributed by atoms with Crippen LogP contribution in [0.2, 0.25) is 0 Å². The molecule has 0 fully saturated rings. The Morgan fingerprint density at radius 3 is 2.79 bits per heavy atom. The van der Waals surface area contributed by atoms with E-state index in [-0.39, 0.29) is 0 Å². The summed E-state index contributed by atoms with van der Waals surface area (Å²) in [5.74, 6) is 0.818. The summed E-state index contributed by atoms with van der Waals surface area (Å²) in [6.07, 6.45) is 6.50. The number of rotatable bonds is 2. The maximum atomic E-state index is 5.82. The molecule has 0 aliphatic heterocycles. The molecule has 0 saturated carbocycles. The Kier molecular flexibility index (Phi) is 2.39. The van der Waals surface area contributed by atoms with Crippen molar-refractivity contribution in [1.29, 1.82) is 0 Å². The molecule has 1 aromatic rings. The lowest BCUT2D eigenvalue weighted by atomic mass is 10.2. The van der Waals surface area contributed by atoms with E-state index in [0.717, 1.165) is 30.0 Å². The molecule has 1 aromatic heterocycles. The van der Waals surface area contributed by atoms with Gasteiger partial charge in [-0.15, -0.1) is 0 Å². The monoisotopic (exact) mass is 189 g/mol. The van der Waals surface area contributed by atoms with Gasteiger partial charge in [-0.2, -0.15) is 0 Å². The second-order valence-electron chi connectivity index (χ2n) is 3.67. The normalized spacial score (nSPS) is 16.1. The van der Waals surface area contributed by atoms with Crippen LogP contribution >= 0.6 is 0 Å². The molecule has 1 aliphatic rings. The fraction of sp³-hybridized carbons (Fsp3) is 0.364. The Hall–Kier alpha value is -1.51. The molecule has 74 valence electrons. The molecule has 3 heteroatoms. The lowest BCUT2D eigenvalue weighted by molar-refractivity contribution is 0.780. The van der Waals surface area contributed by atoms with Crippen molar-refractivity contribution in [2.75, 3.05) is 11.1 Å². The van der Waals surface area contributed by atoms with E-state index >= 15 is 0 Å². The van der Waals surface area contributed by atoms with Crippen molar-refractivity contribution < 1.29 is 0 Å². The van der Waals surface area contributed by atoms with Crippen LogP contribution in [0.25, 0.3) is 0 Å². The third-order valence-corrected chi connectivity index (χ3v) is 2.41. The van der Waals surface area contributed by atoms with Crippen LogP contribution in [0.3, 0.4) is 0 Å². The molecule has 3 N–H and O–H groups in total. The van der Waals surface area contributed by atoms with Crippen molar-refractivity contribution in [3.05, 3.63) is 30.0 Å². The first-order valence-electron chi connectivity index (χ1n) is 4.90. The van der Waals surface area contributed by atoms with Crippen molar-refractivity contribution in [2.24, 2.45) is 0 Å². The zero-order valence-electron chi connectivity index (χ0n) is 8.33. The van der Waals surface area contributed by atoms with Crippen LogP contribution in [0.5, 0.6) is 0 Å². The quantitative estimate of drug-likeness (QED) is 0.700. The van der Waals surface area contributed by atoms with E-state index in [1.807, 2.05) is 19.1 Å². The lowest BCUT2D eigenvalue weighted by Crippen LogP contribution is -2.17. The zero-order chi connectivity index (χ0) is 9.97. The fourth-order valence-corrected chi connectivity index (χ4v) is 1.61. The summed E-state index contributed by atoms with van der Waals surface area (Å²) in [6, 6.07) is 4.28. The van der Waals surface area contributed by atoms with Crippen LogP contribution in [0.4, 0.5) is 11.5 Å². The van der Waals surface area contributed by atoms with Gasteiger partial charge in [-0.3, -0.25) is 0 Å². The summed E-state index contributed by atoms with van der Waals surface area (Å²) in [5, 5.41) is 3.35. The van der Waals surface area contributed by atoms with Gasteiger partial charge < -0.3 is 11.1 Å². The molecule has 14 heavy (non-hydrogen) atoms. The largest absolute Gasteiger partial charge is 0.396 e. The molecule has 1 aliphatic carbocycles. The lowest BCUT2D eigenvalue weighted by Gasteiger charge is -2.14. The van der Waals surface area contributed by atoms with Crippen LogP contribution in [0.15, 0.2) is 24.3 Å². The summed E-state index contributed by atoms with van der Waals surface area (Å²) >= 11 is 0. The van der Waals surface area contributed by atoms with E-state index in [4.69, 9.17) is 5.73 Å². The number of nitrogens with two attached hydrogens (primary N) is 1. The molecule has 0 atom stereocenters. The van der Waals surface area contributed by atoms with E-state index in [2.05, 4.69) is 22.5 Å². The summed E-state index contributed by atoms with van der Waals surface area (Å²) in [4.78, 5) is 4.37. The maximum Gasteiger partial charge on any atom is 0.149 e. The summed E-state index contributed by atoms with van der Waals surface area (Å²) in [7, 11) is 0. The fourth-order valence-electron chi connectivity index (χ4n) is 1.61. The third-order valence-electron chi connectivity index (χ3n) is 2.41. The SMILES string of the molecule is Cc1ccc(N)c(NC2CC=CC2)n1. The average molecular weight is 189 g/mol.